The van der Waals surface area contributed by atoms with Crippen molar-refractivity contribution in [3.63, 3.8) is 0 Å². The first kappa shape index (κ1) is 17.8. The van der Waals surface area contributed by atoms with Crippen LogP contribution in [-0.2, 0) is 23.8 Å². The van der Waals surface area contributed by atoms with E-state index in [1.54, 1.807) is 0 Å². The van der Waals surface area contributed by atoms with Gasteiger partial charge in [-0.3, -0.25) is 4.79 Å². The zero-order chi connectivity index (χ0) is 18.9. The van der Waals surface area contributed by atoms with Crippen LogP contribution in [0.15, 0.2) is 60.8 Å². The van der Waals surface area contributed by atoms with Crippen molar-refractivity contribution in [2.75, 3.05) is 13.1 Å². The van der Waals surface area contributed by atoms with Gasteiger partial charge < -0.3 is 20.3 Å². The summed E-state index contributed by atoms with van der Waals surface area (Å²) in [4.78, 5) is 13.0. The fourth-order valence-corrected chi connectivity index (χ4v) is 4.19. The maximum Gasteiger partial charge on any atom is 0.225 e. The number of nitrogens with one attached hydrogen (secondary N) is 2. The van der Waals surface area contributed by atoms with Gasteiger partial charge in [-0.1, -0.05) is 48.5 Å². The summed E-state index contributed by atoms with van der Waals surface area (Å²) in [6.45, 7) is 1.21. The molecule has 0 bridgehead atoms. The molecule has 0 spiro atoms. The Morgan fingerprint density at radius 3 is 2.74 bits per heavy atom. The number of aliphatic hydroxyl groups excluding tert-OH is 1. The molecule has 140 valence electrons. The van der Waals surface area contributed by atoms with Crippen molar-refractivity contribution in [2.45, 2.75) is 24.5 Å². The minimum atomic E-state index is -0.756. The zero-order valence-electron chi connectivity index (χ0n) is 15.5. The molecule has 1 fully saturated rings. The summed E-state index contributed by atoms with van der Waals surface area (Å²) in [5, 5.41) is 18.3. The quantitative estimate of drug-likeness (QED) is 0.665. The number of hydrogen-bond donors (Lipinski definition) is 3. The number of amides is 1. The third-order valence-electron chi connectivity index (χ3n) is 5.58. The molecule has 5 nitrogen and oxygen atoms in total. The Morgan fingerprint density at radius 1 is 1.22 bits per heavy atom. The molecule has 3 aromatic rings. The Morgan fingerprint density at radius 2 is 1.96 bits per heavy atom. The summed E-state index contributed by atoms with van der Waals surface area (Å²) in [5.74, 6) is -0.0730. The second-order valence-corrected chi connectivity index (χ2v) is 7.31. The van der Waals surface area contributed by atoms with E-state index in [-0.39, 0.29) is 12.3 Å². The van der Waals surface area contributed by atoms with Gasteiger partial charge in [0.05, 0.1) is 18.1 Å². The number of aryl methyl sites for hydroxylation is 1. The summed E-state index contributed by atoms with van der Waals surface area (Å²) in [5.41, 5.74) is 2.30. The van der Waals surface area contributed by atoms with E-state index in [0.717, 1.165) is 28.6 Å². The van der Waals surface area contributed by atoms with E-state index in [4.69, 9.17) is 0 Å². The Labute approximate surface area is 159 Å². The largest absolute Gasteiger partial charge is 0.389 e. The summed E-state index contributed by atoms with van der Waals surface area (Å²) in [7, 11) is 1.99. The second-order valence-electron chi connectivity index (χ2n) is 7.31. The van der Waals surface area contributed by atoms with Crippen molar-refractivity contribution >= 4 is 16.8 Å². The molecule has 27 heavy (non-hydrogen) atoms. The predicted molar refractivity (Wildman–Crippen MR) is 106 cm³/mol. The van der Waals surface area contributed by atoms with E-state index >= 15 is 0 Å². The number of aromatic nitrogens is 1. The van der Waals surface area contributed by atoms with Crippen molar-refractivity contribution in [3.05, 3.63) is 71.9 Å². The summed E-state index contributed by atoms with van der Waals surface area (Å²) in [6, 6.07) is 17.9. The van der Waals surface area contributed by atoms with E-state index < -0.39 is 11.6 Å². The molecule has 0 aliphatic carbocycles. The zero-order valence-corrected chi connectivity index (χ0v) is 15.5. The van der Waals surface area contributed by atoms with Crippen LogP contribution in [0.5, 0.6) is 0 Å². The number of β-amino-alcohol motifs (C(OH)–C–C–N with tert-alkyl or cyclic N) is 1. The van der Waals surface area contributed by atoms with Crippen LogP contribution in [0.4, 0.5) is 0 Å². The van der Waals surface area contributed by atoms with Gasteiger partial charge in [-0.15, -0.1) is 0 Å². The first-order chi connectivity index (χ1) is 13.1. The fraction of sp³-hybridized carbons (Fsp3) is 0.318. The molecule has 0 saturated carbocycles. The minimum Gasteiger partial charge on any atom is -0.389 e. The topological polar surface area (TPSA) is 66.3 Å². The van der Waals surface area contributed by atoms with Crippen LogP contribution in [-0.4, -0.2) is 34.8 Å². The number of aliphatic hydroxyl groups is 1. The molecule has 2 atom stereocenters. The molecule has 1 aliphatic rings. The van der Waals surface area contributed by atoms with E-state index in [1.807, 2.05) is 66.3 Å². The average Bonchev–Trinajstić information content (AvgIpc) is 3.00. The number of hydrogen-bond acceptors (Lipinski definition) is 3. The monoisotopic (exact) mass is 363 g/mol. The number of carbonyl (C=O) groups is 1. The third-order valence-corrected chi connectivity index (χ3v) is 5.58. The number of nitrogens with zero attached hydrogens (tertiary/aromatic N) is 1. The highest BCUT2D eigenvalue weighted by Crippen LogP contribution is 2.31. The minimum absolute atomic E-state index is 0.0730. The number of benzene rings is 2. The van der Waals surface area contributed by atoms with Gasteiger partial charge in [0, 0.05) is 30.7 Å². The summed E-state index contributed by atoms with van der Waals surface area (Å²) >= 11 is 0. The molecule has 1 saturated heterocycles. The molecule has 1 amide bonds. The average molecular weight is 363 g/mol. The summed E-state index contributed by atoms with van der Waals surface area (Å²) in [6.07, 6.45) is 2.28. The summed E-state index contributed by atoms with van der Waals surface area (Å²) < 4.78 is 2.05. The van der Waals surface area contributed by atoms with Gasteiger partial charge in [-0.2, -0.15) is 0 Å². The van der Waals surface area contributed by atoms with E-state index in [2.05, 4.69) is 16.7 Å². The lowest BCUT2D eigenvalue weighted by Gasteiger charge is -2.43. The van der Waals surface area contributed by atoms with Crippen molar-refractivity contribution in [2.24, 2.45) is 7.05 Å². The highest BCUT2D eigenvalue weighted by Gasteiger charge is 2.42. The molecule has 4 rings (SSSR count). The third kappa shape index (κ3) is 3.24. The van der Waals surface area contributed by atoms with E-state index in [0.29, 0.717) is 13.0 Å². The van der Waals surface area contributed by atoms with E-state index in [1.165, 1.54) is 0 Å². The number of para-hydroxylation sites is 1. The molecular formula is C22H25N3O2. The molecule has 1 aromatic heterocycles. The van der Waals surface area contributed by atoms with E-state index in [9.17, 15) is 9.90 Å². The molecule has 3 N–H and O–H groups in total. The van der Waals surface area contributed by atoms with Gasteiger partial charge in [0.15, 0.2) is 0 Å². The number of piperidine rings is 1. The molecular weight excluding hydrogens is 338 g/mol. The highest BCUT2D eigenvalue weighted by atomic mass is 16.3. The van der Waals surface area contributed by atoms with Crippen LogP contribution in [0.25, 0.3) is 10.9 Å². The Hall–Kier alpha value is -2.63. The van der Waals surface area contributed by atoms with Crippen molar-refractivity contribution in [1.29, 1.82) is 0 Å². The van der Waals surface area contributed by atoms with Gasteiger partial charge in [0.1, 0.15) is 0 Å². The lowest BCUT2D eigenvalue weighted by molar-refractivity contribution is -0.125. The Balaban J connectivity index is 1.62. The first-order valence-electron chi connectivity index (χ1n) is 9.38. The standard InChI is InChI=1S/C22H25N3O2/c1-25-15-16(18-9-5-6-10-19(18)25)13-21(27)24-22(11-12-23-14-20(22)26)17-7-3-2-4-8-17/h2-10,15,20,23,26H,11-14H2,1H3,(H,24,27)/t20-,22-/m1/s1. The van der Waals surface area contributed by atoms with Crippen LogP contribution >= 0.6 is 0 Å². The normalized spacial score (nSPS) is 22.7. The maximum absolute atomic E-state index is 13.0. The van der Waals surface area contributed by atoms with Gasteiger partial charge in [0.2, 0.25) is 5.91 Å². The molecule has 2 aromatic carbocycles. The Bertz CT molecular complexity index is 951. The van der Waals surface area contributed by atoms with Crippen molar-refractivity contribution < 1.29 is 9.90 Å². The van der Waals surface area contributed by atoms with Gasteiger partial charge in [0.25, 0.3) is 0 Å². The van der Waals surface area contributed by atoms with Crippen LogP contribution in [0, 0.1) is 0 Å². The van der Waals surface area contributed by atoms with Crippen LogP contribution in [0.1, 0.15) is 17.5 Å². The lowest BCUT2D eigenvalue weighted by Crippen LogP contribution is -2.61. The number of fused-ring (bicyclic) bond motifs is 1. The molecule has 0 radical (unpaired) electrons. The predicted octanol–water partition coefficient (Wildman–Crippen LogP) is 2.09. The fourth-order valence-electron chi connectivity index (χ4n) is 4.19. The van der Waals surface area contributed by atoms with Gasteiger partial charge in [-0.25, -0.2) is 0 Å². The Kier molecular flexibility index (Phi) is 4.72. The SMILES string of the molecule is Cn1cc(CC(=O)N[C@@]2(c3ccccc3)CCNC[C@H]2O)c2ccccc21. The molecule has 1 aliphatic heterocycles. The smallest absolute Gasteiger partial charge is 0.225 e. The maximum atomic E-state index is 13.0. The number of rotatable bonds is 4. The lowest BCUT2D eigenvalue weighted by atomic mass is 9.79. The van der Waals surface area contributed by atoms with Crippen LogP contribution in [0.3, 0.4) is 0 Å². The van der Waals surface area contributed by atoms with Crippen molar-refractivity contribution in [3.8, 4) is 0 Å². The van der Waals surface area contributed by atoms with Crippen LogP contribution < -0.4 is 10.6 Å². The number of carbonyl (C=O) groups excluding carboxylic acids is 1. The molecule has 2 heterocycles. The first-order valence-corrected chi connectivity index (χ1v) is 9.38. The van der Waals surface area contributed by atoms with Crippen molar-refractivity contribution in [1.82, 2.24) is 15.2 Å². The second kappa shape index (κ2) is 7.18. The molecule has 5 heteroatoms. The van der Waals surface area contributed by atoms with Gasteiger partial charge in [-0.05, 0) is 30.2 Å². The molecule has 0 unspecified atom stereocenters. The highest BCUT2D eigenvalue weighted by molar-refractivity contribution is 5.89. The van der Waals surface area contributed by atoms with Crippen LogP contribution in [0.2, 0.25) is 0 Å². The van der Waals surface area contributed by atoms with Gasteiger partial charge >= 0.3 is 0 Å².